The Morgan fingerprint density at radius 3 is 2.47 bits per heavy atom. The fraction of sp³-hybridized carbons (Fsp3) is 0.875. The van der Waals surface area contributed by atoms with Crippen molar-refractivity contribution in [2.75, 3.05) is 13.3 Å². The maximum absolute atomic E-state index is 11.6. The summed E-state index contributed by atoms with van der Waals surface area (Å²) >= 11 is 0. The van der Waals surface area contributed by atoms with Crippen LogP contribution in [0.1, 0.15) is 20.3 Å². The average Bonchev–Trinajstić information content (AvgIpc) is 2.01. The van der Waals surface area contributed by atoms with Gasteiger partial charge in [-0.25, -0.2) is 4.79 Å². The Bertz CT molecular complexity index is 255. The molecule has 6 nitrogen and oxygen atoms in total. The summed E-state index contributed by atoms with van der Waals surface area (Å²) in [5.74, 6) is -1.59. The number of hydrogen-bond acceptors (Lipinski definition) is 5. The van der Waals surface area contributed by atoms with E-state index in [-0.39, 0.29) is 5.92 Å². The van der Waals surface area contributed by atoms with Gasteiger partial charge in [0.1, 0.15) is 6.16 Å². The average molecular weight is 239 g/mol. The first-order chi connectivity index (χ1) is 6.79. The number of rotatable bonds is 6. The molecular formula is C8H18NO5P. The van der Waals surface area contributed by atoms with E-state index in [1.54, 1.807) is 0 Å². The van der Waals surface area contributed by atoms with E-state index in [0.29, 0.717) is 6.42 Å². The molecular weight excluding hydrogens is 221 g/mol. The molecule has 0 aromatic heterocycles. The molecule has 0 amide bonds. The predicted octanol–water partition coefficient (Wildman–Crippen LogP) is 0.692. The van der Waals surface area contributed by atoms with Gasteiger partial charge in [-0.3, -0.25) is 9.45 Å². The molecule has 3 N–H and O–H groups in total. The van der Waals surface area contributed by atoms with Gasteiger partial charge < -0.3 is 10.6 Å². The van der Waals surface area contributed by atoms with Crippen LogP contribution in [-0.2, 0) is 19.1 Å². The summed E-state index contributed by atoms with van der Waals surface area (Å²) < 4.78 is 11.6. The maximum Gasteiger partial charge on any atom is 0.351 e. The summed E-state index contributed by atoms with van der Waals surface area (Å²) in [6.07, 6.45) is -0.233. The van der Waals surface area contributed by atoms with Gasteiger partial charge in [-0.2, -0.15) is 4.89 Å². The minimum Gasteiger partial charge on any atom is -0.343 e. The van der Waals surface area contributed by atoms with E-state index in [1.807, 2.05) is 13.8 Å². The van der Waals surface area contributed by atoms with Crippen LogP contribution in [0.5, 0.6) is 0 Å². The van der Waals surface area contributed by atoms with Crippen LogP contribution < -0.4 is 5.73 Å². The van der Waals surface area contributed by atoms with Crippen molar-refractivity contribution in [2.45, 2.75) is 26.1 Å². The van der Waals surface area contributed by atoms with Crippen LogP contribution in [0.25, 0.3) is 0 Å². The third-order valence-corrected chi connectivity index (χ3v) is 3.72. The van der Waals surface area contributed by atoms with Crippen molar-refractivity contribution < 1.29 is 24.0 Å². The topological polar surface area (TPSA) is 98.8 Å². The van der Waals surface area contributed by atoms with E-state index >= 15 is 0 Å². The largest absolute Gasteiger partial charge is 0.351 e. The standard InChI is InChI=1S/C8H18NO5P/c1-6(2)4-7(9)15(11,12)5-8(10)14-13-3/h6-7H,4-5,9H2,1-3H3,(H,11,12). The normalized spacial score (nSPS) is 17.2. The zero-order valence-electron chi connectivity index (χ0n) is 9.17. The van der Waals surface area contributed by atoms with Crippen LogP contribution in [0.3, 0.4) is 0 Å². The number of carbonyl (C=O) groups is 1. The lowest BCUT2D eigenvalue weighted by molar-refractivity contribution is -0.252. The minimum absolute atomic E-state index is 0.193. The van der Waals surface area contributed by atoms with Crippen LogP contribution in [0.2, 0.25) is 0 Å². The molecule has 90 valence electrons. The van der Waals surface area contributed by atoms with Crippen LogP contribution in [0.4, 0.5) is 0 Å². The van der Waals surface area contributed by atoms with E-state index in [1.165, 1.54) is 0 Å². The second kappa shape index (κ2) is 6.23. The van der Waals surface area contributed by atoms with E-state index in [2.05, 4.69) is 9.78 Å². The van der Waals surface area contributed by atoms with Gasteiger partial charge in [0.05, 0.1) is 12.9 Å². The molecule has 15 heavy (non-hydrogen) atoms. The first-order valence-electron chi connectivity index (χ1n) is 4.60. The lowest BCUT2D eigenvalue weighted by atomic mass is 10.1. The molecule has 0 aromatic rings. The molecule has 7 heteroatoms. The molecule has 0 aliphatic heterocycles. The molecule has 0 aliphatic carbocycles. The first-order valence-corrected chi connectivity index (χ1v) is 6.51. The van der Waals surface area contributed by atoms with Crippen LogP contribution >= 0.6 is 7.37 Å². The lowest BCUT2D eigenvalue weighted by Crippen LogP contribution is -2.26. The first kappa shape index (κ1) is 14.6. The monoisotopic (exact) mass is 239 g/mol. The molecule has 2 atom stereocenters. The van der Waals surface area contributed by atoms with E-state index in [9.17, 15) is 14.3 Å². The van der Waals surface area contributed by atoms with E-state index < -0.39 is 25.3 Å². The molecule has 2 unspecified atom stereocenters. The highest BCUT2D eigenvalue weighted by Gasteiger charge is 2.32. The van der Waals surface area contributed by atoms with Crippen LogP contribution in [0, 0.1) is 5.92 Å². The fourth-order valence-corrected chi connectivity index (χ4v) is 2.48. The Labute approximate surface area is 89.1 Å². The van der Waals surface area contributed by atoms with Crippen molar-refractivity contribution in [3.8, 4) is 0 Å². The number of carbonyl (C=O) groups excluding carboxylic acids is 1. The van der Waals surface area contributed by atoms with Crippen molar-refractivity contribution >= 4 is 13.3 Å². The third-order valence-electron chi connectivity index (χ3n) is 1.76. The summed E-state index contributed by atoms with van der Waals surface area (Å²) in [6.45, 7) is 3.76. The maximum atomic E-state index is 11.6. The second-order valence-corrected chi connectivity index (χ2v) is 6.22. The van der Waals surface area contributed by atoms with Gasteiger partial charge in [0, 0.05) is 0 Å². The molecule has 0 fully saturated rings. The SMILES string of the molecule is COOC(=O)CP(=O)(O)C(N)CC(C)C. The Hall–Kier alpha value is -0.420. The summed E-state index contributed by atoms with van der Waals surface area (Å²) in [5.41, 5.74) is 5.54. The Morgan fingerprint density at radius 1 is 1.53 bits per heavy atom. The highest BCUT2D eigenvalue weighted by Crippen LogP contribution is 2.45. The van der Waals surface area contributed by atoms with Crippen molar-refractivity contribution in [2.24, 2.45) is 11.7 Å². The Balaban J connectivity index is 4.28. The van der Waals surface area contributed by atoms with Gasteiger partial charge in [-0.1, -0.05) is 13.8 Å². The Morgan fingerprint density at radius 2 is 2.07 bits per heavy atom. The molecule has 0 aliphatic rings. The molecule has 0 saturated heterocycles. The zero-order valence-corrected chi connectivity index (χ0v) is 10.1. The minimum atomic E-state index is -3.70. The molecule has 0 radical (unpaired) electrons. The van der Waals surface area contributed by atoms with Crippen LogP contribution in [-0.4, -0.2) is 29.9 Å². The van der Waals surface area contributed by atoms with E-state index in [0.717, 1.165) is 7.11 Å². The molecule has 0 rings (SSSR count). The van der Waals surface area contributed by atoms with Crippen molar-refractivity contribution in [3.63, 3.8) is 0 Å². The fourth-order valence-electron chi connectivity index (χ4n) is 1.07. The van der Waals surface area contributed by atoms with Crippen LogP contribution in [0.15, 0.2) is 0 Å². The van der Waals surface area contributed by atoms with Crippen molar-refractivity contribution in [3.05, 3.63) is 0 Å². The van der Waals surface area contributed by atoms with Crippen molar-refractivity contribution in [1.82, 2.24) is 0 Å². The summed E-state index contributed by atoms with van der Waals surface area (Å²) in [5, 5.41) is 0. The van der Waals surface area contributed by atoms with Gasteiger partial charge in [0.25, 0.3) is 0 Å². The molecule has 0 bridgehead atoms. The van der Waals surface area contributed by atoms with Gasteiger partial charge >= 0.3 is 5.97 Å². The summed E-state index contributed by atoms with van der Waals surface area (Å²) in [7, 11) is -2.55. The van der Waals surface area contributed by atoms with Gasteiger partial charge in [-0.15, -0.1) is 0 Å². The zero-order chi connectivity index (χ0) is 12.1. The summed E-state index contributed by atoms with van der Waals surface area (Å²) in [6, 6.07) is 0. The smallest absolute Gasteiger partial charge is 0.343 e. The molecule has 0 aromatic carbocycles. The Kier molecular flexibility index (Phi) is 6.05. The van der Waals surface area contributed by atoms with Gasteiger partial charge in [0.15, 0.2) is 0 Å². The lowest BCUT2D eigenvalue weighted by Gasteiger charge is -2.19. The predicted molar refractivity (Wildman–Crippen MR) is 55.2 cm³/mol. The summed E-state index contributed by atoms with van der Waals surface area (Å²) in [4.78, 5) is 28.6. The third kappa shape index (κ3) is 5.89. The highest BCUT2D eigenvalue weighted by atomic mass is 31.2. The number of nitrogens with two attached hydrogens (primary N) is 1. The number of hydrogen-bond donors (Lipinski definition) is 2. The molecule has 0 heterocycles. The van der Waals surface area contributed by atoms with Crippen molar-refractivity contribution in [1.29, 1.82) is 0 Å². The highest BCUT2D eigenvalue weighted by molar-refractivity contribution is 7.59. The van der Waals surface area contributed by atoms with Gasteiger partial charge in [0.2, 0.25) is 7.37 Å². The molecule has 0 spiro atoms. The molecule has 0 saturated carbocycles. The van der Waals surface area contributed by atoms with E-state index in [4.69, 9.17) is 5.73 Å². The quantitative estimate of drug-likeness (QED) is 0.402. The second-order valence-electron chi connectivity index (χ2n) is 3.73. The van der Waals surface area contributed by atoms with Gasteiger partial charge in [-0.05, 0) is 12.3 Å².